The van der Waals surface area contributed by atoms with E-state index in [0.29, 0.717) is 29.9 Å². The Kier molecular flexibility index (Phi) is 4.96. The molecule has 1 aromatic carbocycles. The van der Waals surface area contributed by atoms with E-state index in [0.717, 1.165) is 24.2 Å². The molecule has 4 aromatic rings. The molecule has 32 heavy (non-hydrogen) atoms. The Morgan fingerprint density at radius 1 is 1.22 bits per heavy atom. The van der Waals surface area contributed by atoms with Gasteiger partial charge in [-0.3, -0.25) is 9.89 Å². The third-order valence-corrected chi connectivity index (χ3v) is 5.47. The maximum absolute atomic E-state index is 14.4. The van der Waals surface area contributed by atoms with Crippen LogP contribution in [-0.4, -0.2) is 37.6 Å². The summed E-state index contributed by atoms with van der Waals surface area (Å²) in [4.78, 5) is 27.6. The zero-order valence-corrected chi connectivity index (χ0v) is 17.1. The van der Waals surface area contributed by atoms with Crippen molar-refractivity contribution < 1.29 is 13.6 Å². The molecule has 10 heteroatoms. The smallest absolute Gasteiger partial charge is 0.275 e. The third kappa shape index (κ3) is 3.64. The predicted octanol–water partition coefficient (Wildman–Crippen LogP) is 3.93. The van der Waals surface area contributed by atoms with Gasteiger partial charge in [0.1, 0.15) is 28.4 Å². The number of benzene rings is 1. The van der Waals surface area contributed by atoms with Gasteiger partial charge >= 0.3 is 0 Å². The van der Waals surface area contributed by atoms with Crippen LogP contribution in [-0.2, 0) is 0 Å². The summed E-state index contributed by atoms with van der Waals surface area (Å²) in [6.45, 7) is 2.40. The summed E-state index contributed by atoms with van der Waals surface area (Å²) in [6, 6.07) is 8.23. The number of hydrogen-bond acceptors (Lipinski definition) is 6. The Balaban J connectivity index is 1.47. The van der Waals surface area contributed by atoms with Gasteiger partial charge in [-0.2, -0.15) is 5.10 Å². The minimum absolute atomic E-state index is 0.240. The molecule has 1 atom stereocenters. The first-order valence-electron chi connectivity index (χ1n) is 10.2. The van der Waals surface area contributed by atoms with Crippen LogP contribution in [0.1, 0.15) is 40.6 Å². The van der Waals surface area contributed by atoms with Gasteiger partial charge in [-0.1, -0.05) is 6.07 Å². The molecule has 0 bridgehead atoms. The first-order valence-corrected chi connectivity index (χ1v) is 10.2. The third-order valence-electron chi connectivity index (χ3n) is 5.47. The highest BCUT2D eigenvalue weighted by Crippen LogP contribution is 2.36. The highest BCUT2D eigenvalue weighted by molar-refractivity contribution is 6.06. The summed E-state index contributed by atoms with van der Waals surface area (Å²) in [5.41, 5.74) is 2.21. The lowest BCUT2D eigenvalue weighted by Gasteiger charge is -2.25. The van der Waals surface area contributed by atoms with Crippen molar-refractivity contribution in [3.8, 4) is 0 Å². The molecule has 5 rings (SSSR count). The van der Waals surface area contributed by atoms with Gasteiger partial charge in [0.05, 0.1) is 12.2 Å². The molecular weight excluding hydrogens is 416 g/mol. The summed E-state index contributed by atoms with van der Waals surface area (Å²) in [6.07, 6.45) is 2.99. The molecule has 1 fully saturated rings. The number of carbonyl (C=O) groups excluding carboxylic acids is 1. The molecule has 1 unspecified atom stereocenters. The number of nitrogens with zero attached hydrogens (tertiary/aromatic N) is 5. The fourth-order valence-electron chi connectivity index (χ4n) is 3.97. The van der Waals surface area contributed by atoms with E-state index >= 15 is 0 Å². The molecule has 2 N–H and O–H groups in total. The van der Waals surface area contributed by atoms with Gasteiger partial charge < -0.3 is 10.2 Å². The Hall–Kier alpha value is -3.95. The minimum atomic E-state index is -0.491. The summed E-state index contributed by atoms with van der Waals surface area (Å²) in [5, 5.41) is 9.66. The van der Waals surface area contributed by atoms with Crippen LogP contribution in [0, 0.1) is 18.6 Å². The monoisotopic (exact) mass is 435 g/mol. The van der Waals surface area contributed by atoms with Crippen molar-refractivity contribution in [1.82, 2.24) is 25.1 Å². The van der Waals surface area contributed by atoms with Crippen molar-refractivity contribution in [1.29, 1.82) is 0 Å². The van der Waals surface area contributed by atoms with Crippen molar-refractivity contribution in [3.05, 3.63) is 71.2 Å². The molecule has 0 saturated carbocycles. The van der Waals surface area contributed by atoms with E-state index in [-0.39, 0.29) is 23.1 Å². The summed E-state index contributed by atoms with van der Waals surface area (Å²) in [5.74, 6) is -0.775. The SMILES string of the molecule is Cc1cccc(C(=O)Nc2n[nH]c3cnc(N4CCCC4c4cc(F)ccc4F)nc23)n1. The van der Waals surface area contributed by atoms with Crippen LogP contribution in [0.15, 0.2) is 42.6 Å². The van der Waals surface area contributed by atoms with Crippen LogP contribution >= 0.6 is 0 Å². The maximum atomic E-state index is 14.4. The average molecular weight is 435 g/mol. The topological polar surface area (TPSA) is 99.7 Å². The zero-order valence-electron chi connectivity index (χ0n) is 17.1. The number of hydrogen-bond donors (Lipinski definition) is 2. The van der Waals surface area contributed by atoms with Crippen molar-refractivity contribution in [2.75, 3.05) is 16.8 Å². The number of halogens is 2. The zero-order chi connectivity index (χ0) is 22.2. The summed E-state index contributed by atoms with van der Waals surface area (Å²) >= 11 is 0. The summed E-state index contributed by atoms with van der Waals surface area (Å²) in [7, 11) is 0. The molecule has 0 aliphatic carbocycles. The van der Waals surface area contributed by atoms with Crippen molar-refractivity contribution in [2.24, 2.45) is 0 Å². The Morgan fingerprint density at radius 3 is 2.94 bits per heavy atom. The predicted molar refractivity (Wildman–Crippen MR) is 114 cm³/mol. The molecule has 1 saturated heterocycles. The van der Waals surface area contributed by atoms with Gasteiger partial charge in [0.15, 0.2) is 5.82 Å². The van der Waals surface area contributed by atoms with Gasteiger partial charge in [-0.15, -0.1) is 0 Å². The van der Waals surface area contributed by atoms with Crippen LogP contribution in [0.2, 0.25) is 0 Å². The molecular formula is C22H19F2N7O. The Labute approximate surface area is 181 Å². The number of nitrogens with one attached hydrogen (secondary N) is 2. The fraction of sp³-hybridized carbons (Fsp3) is 0.227. The highest BCUT2D eigenvalue weighted by Gasteiger charge is 2.31. The molecule has 3 aromatic heterocycles. The number of fused-ring (bicyclic) bond motifs is 1. The van der Waals surface area contributed by atoms with Crippen LogP contribution in [0.3, 0.4) is 0 Å². The van der Waals surface area contributed by atoms with E-state index in [2.05, 4.69) is 30.5 Å². The number of aromatic amines is 1. The van der Waals surface area contributed by atoms with Gasteiger partial charge in [0.25, 0.3) is 5.91 Å². The number of aryl methyl sites for hydroxylation is 1. The average Bonchev–Trinajstić information content (AvgIpc) is 3.42. The standard InChI is InChI=1S/C22H19F2N7O/c1-12-4-2-5-16(26-12)21(32)28-20-19-17(29-30-20)11-25-22(27-19)31-9-3-6-18(31)14-10-13(23)7-8-15(14)24/h2,4-5,7-8,10-11,18H,3,6,9H2,1H3,(H2,28,29,30,32). The van der Waals surface area contributed by atoms with E-state index < -0.39 is 17.5 Å². The van der Waals surface area contributed by atoms with Crippen LogP contribution in [0.25, 0.3) is 11.0 Å². The minimum Gasteiger partial charge on any atom is -0.334 e. The van der Waals surface area contributed by atoms with Crippen molar-refractivity contribution in [3.63, 3.8) is 0 Å². The Bertz CT molecular complexity index is 1320. The number of pyridine rings is 1. The number of rotatable bonds is 4. The number of carbonyl (C=O) groups is 1. The van der Waals surface area contributed by atoms with Gasteiger partial charge in [0.2, 0.25) is 5.95 Å². The highest BCUT2D eigenvalue weighted by atomic mass is 19.1. The lowest BCUT2D eigenvalue weighted by Crippen LogP contribution is -2.25. The molecule has 162 valence electrons. The van der Waals surface area contributed by atoms with Crippen LogP contribution < -0.4 is 10.2 Å². The molecule has 1 aliphatic rings. The van der Waals surface area contributed by atoms with Crippen molar-refractivity contribution in [2.45, 2.75) is 25.8 Å². The molecule has 1 amide bonds. The summed E-state index contributed by atoms with van der Waals surface area (Å²) < 4.78 is 28.2. The van der Waals surface area contributed by atoms with Gasteiger partial charge in [-0.05, 0) is 50.1 Å². The van der Waals surface area contributed by atoms with Crippen LogP contribution in [0.5, 0.6) is 0 Å². The number of anilines is 2. The van der Waals surface area contributed by atoms with Gasteiger partial charge in [-0.25, -0.2) is 23.7 Å². The normalized spacial score (nSPS) is 16.0. The largest absolute Gasteiger partial charge is 0.334 e. The second-order valence-electron chi connectivity index (χ2n) is 7.64. The second kappa shape index (κ2) is 7.95. The molecule has 1 aliphatic heterocycles. The van der Waals surface area contributed by atoms with E-state index in [4.69, 9.17) is 0 Å². The number of aromatic nitrogens is 5. The molecule has 0 spiro atoms. The second-order valence-corrected chi connectivity index (χ2v) is 7.64. The number of amides is 1. The van der Waals surface area contributed by atoms with E-state index in [1.54, 1.807) is 31.3 Å². The van der Waals surface area contributed by atoms with E-state index in [1.165, 1.54) is 6.07 Å². The molecule has 0 radical (unpaired) electrons. The van der Waals surface area contributed by atoms with Crippen LogP contribution in [0.4, 0.5) is 20.5 Å². The Morgan fingerprint density at radius 2 is 2.09 bits per heavy atom. The molecule has 4 heterocycles. The number of H-pyrrole nitrogens is 1. The quantitative estimate of drug-likeness (QED) is 0.504. The van der Waals surface area contributed by atoms with Crippen molar-refractivity contribution >= 4 is 28.7 Å². The first-order chi connectivity index (χ1) is 15.5. The maximum Gasteiger partial charge on any atom is 0.275 e. The molecule has 8 nitrogen and oxygen atoms in total. The first kappa shape index (κ1) is 20.0. The lowest BCUT2D eigenvalue weighted by molar-refractivity contribution is 0.102. The lowest BCUT2D eigenvalue weighted by atomic mass is 10.0. The van der Waals surface area contributed by atoms with Gasteiger partial charge in [0, 0.05) is 17.8 Å². The fourth-order valence-corrected chi connectivity index (χ4v) is 3.97. The van der Waals surface area contributed by atoms with E-state index in [1.807, 2.05) is 4.90 Å². The van der Waals surface area contributed by atoms with E-state index in [9.17, 15) is 13.6 Å².